The number of fused-ring (bicyclic) bond motifs is 6. The lowest BCUT2D eigenvalue weighted by Crippen LogP contribution is -2.45. The second-order valence-electron chi connectivity index (χ2n) is 5.93. The van der Waals surface area contributed by atoms with Gasteiger partial charge in [0.2, 0.25) is 6.23 Å². The molecule has 114 valence electrons. The number of benzene rings is 2. The second-order valence-corrected chi connectivity index (χ2v) is 5.93. The summed E-state index contributed by atoms with van der Waals surface area (Å²) in [6, 6.07) is 13.0. The van der Waals surface area contributed by atoms with Crippen LogP contribution in [0.15, 0.2) is 42.5 Å². The molecule has 0 saturated carbocycles. The van der Waals surface area contributed by atoms with Crippen molar-refractivity contribution in [1.29, 1.82) is 0 Å². The second kappa shape index (κ2) is 4.29. The smallest absolute Gasteiger partial charge is 0.264 e. The van der Waals surface area contributed by atoms with Crippen LogP contribution in [0.3, 0.4) is 0 Å². The monoisotopic (exact) mass is 306 g/mol. The van der Waals surface area contributed by atoms with E-state index in [4.69, 9.17) is 4.74 Å². The lowest BCUT2D eigenvalue weighted by molar-refractivity contribution is 0.00152. The molecule has 23 heavy (non-hydrogen) atoms. The maximum Gasteiger partial charge on any atom is 0.264 e. The molecule has 0 fully saturated rings. The van der Waals surface area contributed by atoms with Crippen molar-refractivity contribution in [3.8, 4) is 11.5 Å². The average Bonchev–Trinajstić information content (AvgIpc) is 2.94. The van der Waals surface area contributed by atoms with Crippen molar-refractivity contribution in [2.24, 2.45) is 0 Å². The number of phenols is 1. The molecule has 5 rings (SSSR count). The minimum absolute atomic E-state index is 0.0339. The molecule has 0 aliphatic carbocycles. The van der Waals surface area contributed by atoms with Gasteiger partial charge in [0.25, 0.3) is 5.91 Å². The number of nitrogens with zero attached hydrogens (tertiary/aromatic N) is 1. The third-order valence-corrected chi connectivity index (χ3v) is 4.70. The Morgan fingerprint density at radius 1 is 1.17 bits per heavy atom. The normalized spacial score (nSPS) is 19.0. The van der Waals surface area contributed by atoms with Crippen LogP contribution >= 0.6 is 0 Å². The fourth-order valence-electron chi connectivity index (χ4n) is 3.63. The van der Waals surface area contributed by atoms with Gasteiger partial charge in [-0.05, 0) is 30.2 Å². The van der Waals surface area contributed by atoms with Crippen LogP contribution in [-0.2, 0) is 6.42 Å². The van der Waals surface area contributed by atoms with E-state index in [9.17, 15) is 9.90 Å². The number of nitrogens with one attached hydrogen (secondary N) is 1. The van der Waals surface area contributed by atoms with Crippen LogP contribution < -0.4 is 4.74 Å². The van der Waals surface area contributed by atoms with E-state index >= 15 is 0 Å². The van der Waals surface area contributed by atoms with Gasteiger partial charge in [-0.25, -0.2) is 0 Å². The first kappa shape index (κ1) is 12.6. The summed E-state index contributed by atoms with van der Waals surface area (Å²) in [5.41, 5.74) is 3.44. The molecule has 0 bridgehead atoms. The molecule has 5 heteroatoms. The van der Waals surface area contributed by atoms with Gasteiger partial charge in [-0.15, -0.1) is 0 Å². The minimum Gasteiger partial charge on any atom is -0.507 e. The molecule has 1 unspecified atom stereocenters. The van der Waals surface area contributed by atoms with Gasteiger partial charge in [-0.3, -0.25) is 9.69 Å². The van der Waals surface area contributed by atoms with E-state index in [0.717, 1.165) is 17.6 Å². The molecule has 0 radical (unpaired) electrons. The van der Waals surface area contributed by atoms with E-state index in [-0.39, 0.29) is 17.2 Å². The van der Waals surface area contributed by atoms with Gasteiger partial charge in [0, 0.05) is 17.4 Å². The van der Waals surface area contributed by atoms with E-state index in [2.05, 4.69) is 11.1 Å². The van der Waals surface area contributed by atoms with Crippen molar-refractivity contribution in [3.05, 3.63) is 59.3 Å². The number of rotatable bonds is 0. The molecule has 3 heterocycles. The van der Waals surface area contributed by atoms with Crippen molar-refractivity contribution in [2.45, 2.75) is 12.6 Å². The Morgan fingerprint density at radius 3 is 2.96 bits per heavy atom. The first-order valence-electron chi connectivity index (χ1n) is 7.63. The highest BCUT2D eigenvalue weighted by atomic mass is 16.5. The molecule has 0 spiro atoms. The Balaban J connectivity index is 1.70. The predicted octanol–water partition coefficient (Wildman–Crippen LogP) is 2.96. The zero-order chi connectivity index (χ0) is 15.6. The van der Waals surface area contributed by atoms with Crippen LogP contribution in [0.25, 0.3) is 10.9 Å². The third kappa shape index (κ3) is 1.59. The fourth-order valence-corrected chi connectivity index (χ4v) is 3.63. The van der Waals surface area contributed by atoms with Gasteiger partial charge in [0.1, 0.15) is 17.1 Å². The van der Waals surface area contributed by atoms with Crippen LogP contribution in [0.4, 0.5) is 0 Å². The highest BCUT2D eigenvalue weighted by molar-refractivity contribution is 6.01. The molecule has 1 aromatic heterocycles. The number of aromatic amines is 1. The Kier molecular flexibility index (Phi) is 2.34. The van der Waals surface area contributed by atoms with Gasteiger partial charge in [-0.2, -0.15) is 0 Å². The number of hydrogen-bond donors (Lipinski definition) is 2. The highest BCUT2D eigenvalue weighted by Crippen LogP contribution is 2.43. The summed E-state index contributed by atoms with van der Waals surface area (Å²) in [7, 11) is 0. The predicted molar refractivity (Wildman–Crippen MR) is 84.5 cm³/mol. The number of carbonyl (C=O) groups is 1. The number of carbonyl (C=O) groups excluding carboxylic acids is 1. The Morgan fingerprint density at radius 2 is 2.04 bits per heavy atom. The first-order valence-corrected chi connectivity index (χ1v) is 7.63. The summed E-state index contributed by atoms with van der Waals surface area (Å²) >= 11 is 0. The maximum absolute atomic E-state index is 12.8. The summed E-state index contributed by atoms with van der Waals surface area (Å²) < 4.78 is 6.06. The largest absolute Gasteiger partial charge is 0.507 e. The number of aromatic nitrogens is 1. The molecular weight excluding hydrogens is 292 g/mol. The molecule has 2 aromatic carbocycles. The van der Waals surface area contributed by atoms with Crippen LogP contribution in [0.1, 0.15) is 27.8 Å². The van der Waals surface area contributed by atoms with Gasteiger partial charge in [-0.1, -0.05) is 24.3 Å². The van der Waals surface area contributed by atoms with E-state index in [0.29, 0.717) is 12.3 Å². The quantitative estimate of drug-likeness (QED) is 0.671. The summed E-state index contributed by atoms with van der Waals surface area (Å²) in [4.78, 5) is 17.8. The van der Waals surface area contributed by atoms with E-state index in [1.54, 1.807) is 17.0 Å². The van der Waals surface area contributed by atoms with Crippen LogP contribution in [0, 0.1) is 0 Å². The van der Waals surface area contributed by atoms with Crippen LogP contribution in [0.5, 0.6) is 11.5 Å². The number of H-pyrrole nitrogens is 1. The van der Waals surface area contributed by atoms with E-state index in [1.165, 1.54) is 17.0 Å². The summed E-state index contributed by atoms with van der Waals surface area (Å²) in [6.45, 7) is 0.576. The molecule has 5 nitrogen and oxygen atoms in total. The third-order valence-electron chi connectivity index (χ3n) is 4.70. The topological polar surface area (TPSA) is 65.6 Å². The van der Waals surface area contributed by atoms with Crippen molar-refractivity contribution in [2.75, 3.05) is 6.54 Å². The fraction of sp³-hybridized carbons (Fsp3) is 0.167. The Bertz CT molecular complexity index is 960. The van der Waals surface area contributed by atoms with Crippen molar-refractivity contribution < 1.29 is 14.6 Å². The lowest BCUT2D eigenvalue weighted by Gasteiger charge is -2.39. The summed E-state index contributed by atoms with van der Waals surface area (Å²) in [5, 5.41) is 11.2. The molecule has 0 saturated heterocycles. The zero-order valence-corrected chi connectivity index (χ0v) is 12.2. The SMILES string of the molecule is O=C1c2c(O)cccc2OC2c3[nH]c4ccccc4c3CCN12. The number of amides is 1. The Hall–Kier alpha value is -2.95. The van der Waals surface area contributed by atoms with E-state index < -0.39 is 6.23 Å². The van der Waals surface area contributed by atoms with Gasteiger partial charge in [0.05, 0.1) is 5.69 Å². The number of para-hydroxylation sites is 1. The van der Waals surface area contributed by atoms with Crippen LogP contribution in [0.2, 0.25) is 0 Å². The average molecular weight is 306 g/mol. The van der Waals surface area contributed by atoms with Crippen molar-refractivity contribution in [1.82, 2.24) is 9.88 Å². The molecule has 2 N–H and O–H groups in total. The maximum atomic E-state index is 12.8. The number of hydrogen-bond acceptors (Lipinski definition) is 3. The standard InChI is InChI=1S/C18H14N2O3/c21-13-6-3-7-14-15(13)17(22)20-9-8-11-10-4-1-2-5-12(10)19-16(11)18(20)23-14/h1-7,18-19,21H,8-9H2. The van der Waals surface area contributed by atoms with Crippen molar-refractivity contribution >= 4 is 16.8 Å². The highest BCUT2D eigenvalue weighted by Gasteiger charge is 2.41. The van der Waals surface area contributed by atoms with Crippen LogP contribution in [-0.4, -0.2) is 27.4 Å². The minimum atomic E-state index is -0.465. The number of aromatic hydroxyl groups is 1. The summed E-state index contributed by atoms with van der Waals surface area (Å²) in [6.07, 6.45) is 0.307. The molecule has 3 aromatic rings. The van der Waals surface area contributed by atoms with Gasteiger partial charge in [0.15, 0.2) is 0 Å². The molecule has 1 atom stereocenters. The first-order chi connectivity index (χ1) is 11.2. The van der Waals surface area contributed by atoms with Gasteiger partial charge < -0.3 is 14.8 Å². The molecular formula is C18H14N2O3. The molecule has 2 aliphatic rings. The van der Waals surface area contributed by atoms with Crippen molar-refractivity contribution in [3.63, 3.8) is 0 Å². The zero-order valence-electron chi connectivity index (χ0n) is 12.2. The Labute approximate surface area is 132 Å². The molecule has 1 amide bonds. The lowest BCUT2D eigenvalue weighted by atomic mass is 9.99. The number of ether oxygens (including phenoxy) is 1. The summed E-state index contributed by atoms with van der Waals surface area (Å²) in [5.74, 6) is 0.217. The molecule has 2 aliphatic heterocycles. The number of phenolic OH excluding ortho intramolecular Hbond substituents is 1. The van der Waals surface area contributed by atoms with E-state index in [1.807, 2.05) is 18.2 Å². The van der Waals surface area contributed by atoms with Gasteiger partial charge >= 0.3 is 0 Å².